The molecule has 19 heavy (non-hydrogen) atoms. The molecule has 0 atom stereocenters. The van der Waals surface area contributed by atoms with Crippen LogP contribution in [0.1, 0.15) is 19.4 Å². The van der Waals surface area contributed by atoms with Crippen LogP contribution in [-0.2, 0) is 20.1 Å². The number of halogens is 1. The molecule has 0 bridgehead atoms. The first-order valence-corrected chi connectivity index (χ1v) is 8.78. The lowest BCUT2D eigenvalue weighted by atomic mass is 10.2. The van der Waals surface area contributed by atoms with Crippen LogP contribution >= 0.6 is 15.9 Å². The lowest BCUT2D eigenvalue weighted by Gasteiger charge is -2.09. The zero-order valence-electron chi connectivity index (χ0n) is 11.2. The molecule has 0 saturated heterocycles. The van der Waals surface area contributed by atoms with Crippen LogP contribution < -0.4 is 4.72 Å². The van der Waals surface area contributed by atoms with Gasteiger partial charge in [-0.05, 0) is 23.6 Å². The number of alkyl halides is 1. The Labute approximate surface area is 123 Å². The summed E-state index contributed by atoms with van der Waals surface area (Å²) >= 11 is 3.32. The second-order valence-corrected chi connectivity index (χ2v) is 6.97. The third-order valence-corrected chi connectivity index (χ3v) is 4.50. The number of hydrogen-bond acceptors (Lipinski definition) is 3. The van der Waals surface area contributed by atoms with Gasteiger partial charge < -0.3 is 4.74 Å². The molecular formula is C13H20BrNO3S. The number of hydrogen-bond donors (Lipinski definition) is 1. The summed E-state index contributed by atoms with van der Waals surface area (Å²) in [6, 6.07) is 6.79. The first kappa shape index (κ1) is 16.6. The van der Waals surface area contributed by atoms with Crippen molar-refractivity contribution in [3.05, 3.63) is 29.8 Å². The van der Waals surface area contributed by atoms with Crippen LogP contribution in [0.25, 0.3) is 0 Å². The van der Waals surface area contributed by atoms with Gasteiger partial charge in [-0.2, -0.15) is 0 Å². The smallest absolute Gasteiger partial charge is 0.240 e. The molecule has 0 amide bonds. The van der Waals surface area contributed by atoms with Gasteiger partial charge in [0.05, 0.1) is 11.5 Å². The van der Waals surface area contributed by atoms with Gasteiger partial charge in [0.25, 0.3) is 0 Å². The Balaban J connectivity index is 2.46. The molecule has 0 saturated carbocycles. The first-order valence-electron chi connectivity index (χ1n) is 6.18. The predicted octanol–water partition coefficient (Wildman–Crippen LogP) is 2.53. The fourth-order valence-corrected chi connectivity index (χ4v) is 2.80. The molecule has 0 aliphatic rings. The predicted molar refractivity (Wildman–Crippen MR) is 79.9 cm³/mol. The SMILES string of the molecule is CC(C)COCCNS(=O)(=O)c1ccc(CBr)cc1. The van der Waals surface area contributed by atoms with Crippen molar-refractivity contribution in [1.82, 2.24) is 4.72 Å². The van der Waals surface area contributed by atoms with E-state index in [9.17, 15) is 8.42 Å². The van der Waals surface area contributed by atoms with Crippen LogP contribution in [0.2, 0.25) is 0 Å². The molecule has 0 spiro atoms. The normalized spacial score (nSPS) is 12.0. The number of sulfonamides is 1. The molecule has 6 heteroatoms. The van der Waals surface area contributed by atoms with Crippen LogP contribution in [0.3, 0.4) is 0 Å². The Morgan fingerprint density at radius 1 is 1.26 bits per heavy atom. The van der Waals surface area contributed by atoms with Crippen molar-refractivity contribution in [3.8, 4) is 0 Å². The highest BCUT2D eigenvalue weighted by Gasteiger charge is 2.12. The second-order valence-electron chi connectivity index (χ2n) is 4.64. The first-order chi connectivity index (χ1) is 8.95. The molecule has 0 unspecified atom stereocenters. The number of ether oxygens (including phenoxy) is 1. The minimum absolute atomic E-state index is 0.279. The van der Waals surface area contributed by atoms with E-state index in [-0.39, 0.29) is 11.4 Å². The Bertz CT molecular complexity index is 471. The maximum Gasteiger partial charge on any atom is 0.240 e. The van der Waals surface area contributed by atoms with Crippen molar-refractivity contribution in [3.63, 3.8) is 0 Å². The third kappa shape index (κ3) is 6.03. The monoisotopic (exact) mass is 349 g/mol. The van der Waals surface area contributed by atoms with Gasteiger partial charge >= 0.3 is 0 Å². The summed E-state index contributed by atoms with van der Waals surface area (Å²) in [5, 5.41) is 0.712. The molecule has 0 radical (unpaired) electrons. The van der Waals surface area contributed by atoms with Crippen molar-refractivity contribution in [2.75, 3.05) is 19.8 Å². The molecule has 0 aromatic heterocycles. The minimum Gasteiger partial charge on any atom is -0.380 e. The largest absolute Gasteiger partial charge is 0.380 e. The van der Waals surface area contributed by atoms with Gasteiger partial charge in [0, 0.05) is 18.5 Å². The van der Waals surface area contributed by atoms with Crippen molar-refractivity contribution in [2.24, 2.45) is 5.92 Å². The fourth-order valence-electron chi connectivity index (χ4n) is 1.41. The van der Waals surface area contributed by atoms with Gasteiger partial charge in [0.15, 0.2) is 0 Å². The highest BCUT2D eigenvalue weighted by atomic mass is 79.9. The molecule has 4 nitrogen and oxygen atoms in total. The highest BCUT2D eigenvalue weighted by molar-refractivity contribution is 9.08. The molecule has 0 aliphatic heterocycles. The number of nitrogens with one attached hydrogen (secondary N) is 1. The molecule has 0 heterocycles. The van der Waals surface area contributed by atoms with E-state index in [2.05, 4.69) is 34.5 Å². The topological polar surface area (TPSA) is 55.4 Å². The summed E-state index contributed by atoms with van der Waals surface area (Å²) in [6.07, 6.45) is 0. The average Bonchev–Trinajstić information content (AvgIpc) is 2.38. The third-order valence-electron chi connectivity index (χ3n) is 2.38. The van der Waals surface area contributed by atoms with Crippen LogP contribution in [0, 0.1) is 5.92 Å². The molecule has 1 rings (SSSR count). The van der Waals surface area contributed by atoms with E-state index in [1.54, 1.807) is 24.3 Å². The summed E-state index contributed by atoms with van der Waals surface area (Å²) in [7, 11) is -3.43. The van der Waals surface area contributed by atoms with Crippen molar-refractivity contribution < 1.29 is 13.2 Å². The maximum absolute atomic E-state index is 12.0. The van der Waals surface area contributed by atoms with Gasteiger partial charge in [0.1, 0.15) is 0 Å². The van der Waals surface area contributed by atoms with Gasteiger partial charge in [-0.15, -0.1) is 0 Å². The molecule has 0 aliphatic carbocycles. The zero-order valence-corrected chi connectivity index (χ0v) is 13.6. The van der Waals surface area contributed by atoms with Gasteiger partial charge in [-0.1, -0.05) is 41.9 Å². The van der Waals surface area contributed by atoms with Crippen molar-refractivity contribution in [1.29, 1.82) is 0 Å². The maximum atomic E-state index is 12.0. The van der Waals surface area contributed by atoms with E-state index in [4.69, 9.17) is 4.74 Å². The second kappa shape index (κ2) is 7.99. The summed E-state index contributed by atoms with van der Waals surface area (Å²) in [5.41, 5.74) is 1.04. The fraction of sp³-hybridized carbons (Fsp3) is 0.538. The van der Waals surface area contributed by atoms with Gasteiger partial charge in [-0.25, -0.2) is 13.1 Å². The van der Waals surface area contributed by atoms with Crippen LogP contribution in [0.15, 0.2) is 29.2 Å². The Hall–Kier alpha value is -0.430. The van der Waals surface area contributed by atoms with Crippen molar-refractivity contribution >= 4 is 26.0 Å². The molecule has 0 fully saturated rings. The van der Waals surface area contributed by atoms with Crippen LogP contribution in [-0.4, -0.2) is 28.2 Å². The minimum atomic E-state index is -3.43. The van der Waals surface area contributed by atoms with Gasteiger partial charge in [0.2, 0.25) is 10.0 Å². The molecule has 1 N–H and O–H groups in total. The summed E-state index contributed by atoms with van der Waals surface area (Å²) in [4.78, 5) is 0.279. The standard InChI is InChI=1S/C13H20BrNO3S/c1-11(2)10-18-8-7-15-19(16,17)13-5-3-12(9-14)4-6-13/h3-6,11,15H,7-10H2,1-2H3. The molecule has 1 aromatic carbocycles. The lowest BCUT2D eigenvalue weighted by Crippen LogP contribution is -2.27. The Morgan fingerprint density at radius 2 is 1.89 bits per heavy atom. The Morgan fingerprint density at radius 3 is 2.42 bits per heavy atom. The number of benzene rings is 1. The summed E-state index contributed by atoms with van der Waals surface area (Å²) < 4.78 is 31.8. The highest BCUT2D eigenvalue weighted by Crippen LogP contribution is 2.12. The molecular weight excluding hydrogens is 330 g/mol. The van der Waals surface area contributed by atoms with E-state index < -0.39 is 10.0 Å². The lowest BCUT2D eigenvalue weighted by molar-refractivity contribution is 0.114. The molecule has 108 valence electrons. The van der Waals surface area contributed by atoms with E-state index in [0.717, 1.165) is 5.56 Å². The van der Waals surface area contributed by atoms with Gasteiger partial charge in [-0.3, -0.25) is 0 Å². The zero-order chi connectivity index (χ0) is 14.3. The quantitative estimate of drug-likeness (QED) is 0.579. The average molecular weight is 350 g/mol. The van der Waals surface area contributed by atoms with E-state index >= 15 is 0 Å². The van der Waals surface area contributed by atoms with E-state index in [1.165, 1.54) is 0 Å². The molecule has 1 aromatic rings. The summed E-state index contributed by atoms with van der Waals surface area (Å²) in [6.45, 7) is 5.42. The van der Waals surface area contributed by atoms with Crippen molar-refractivity contribution in [2.45, 2.75) is 24.1 Å². The van der Waals surface area contributed by atoms with E-state index in [1.807, 2.05) is 0 Å². The van der Waals surface area contributed by atoms with Crippen LogP contribution in [0.4, 0.5) is 0 Å². The van der Waals surface area contributed by atoms with Crippen LogP contribution in [0.5, 0.6) is 0 Å². The van der Waals surface area contributed by atoms with E-state index in [0.29, 0.717) is 24.5 Å². The summed E-state index contributed by atoms with van der Waals surface area (Å²) in [5.74, 6) is 0.452. The number of rotatable bonds is 8. The Kier molecular flexibility index (Phi) is 6.99.